The van der Waals surface area contributed by atoms with E-state index in [1.165, 1.54) is 44.9 Å². The smallest absolute Gasteiger partial charge is 0.193 e. The van der Waals surface area contributed by atoms with Gasteiger partial charge in [0.2, 0.25) is 0 Å². The van der Waals surface area contributed by atoms with Gasteiger partial charge in [-0.2, -0.15) is 0 Å². The zero-order valence-electron chi connectivity index (χ0n) is 16.3. The van der Waals surface area contributed by atoms with E-state index in [0.29, 0.717) is 0 Å². The average Bonchev–Trinajstić information content (AvgIpc) is 3.29. The van der Waals surface area contributed by atoms with Crippen molar-refractivity contribution in [1.82, 2.24) is 15.2 Å². The number of hydrogen-bond donors (Lipinski definition) is 1. The highest BCUT2D eigenvalue weighted by Crippen LogP contribution is 2.28. The lowest BCUT2D eigenvalue weighted by Gasteiger charge is -2.21. The van der Waals surface area contributed by atoms with Crippen molar-refractivity contribution in [3.63, 3.8) is 0 Å². The fraction of sp³-hybridized carbons (Fsp3) is 0.789. The molecule has 1 N–H and O–H groups in total. The molecule has 6 heteroatoms. The SMILES string of the molecule is CN=C(NCCCCC1CCCC1)N(C)Cc1csc(C(C)OC)n1. The molecule has 0 aliphatic heterocycles. The van der Waals surface area contributed by atoms with Gasteiger partial charge >= 0.3 is 0 Å². The van der Waals surface area contributed by atoms with Crippen molar-refractivity contribution in [2.75, 3.05) is 27.7 Å². The van der Waals surface area contributed by atoms with Crippen LogP contribution in [0.15, 0.2) is 10.4 Å². The van der Waals surface area contributed by atoms with E-state index in [0.717, 1.165) is 35.7 Å². The fourth-order valence-corrected chi connectivity index (χ4v) is 4.28. The normalized spacial score (nSPS) is 17.0. The van der Waals surface area contributed by atoms with Crippen LogP contribution >= 0.6 is 11.3 Å². The van der Waals surface area contributed by atoms with Crippen molar-refractivity contribution in [1.29, 1.82) is 0 Å². The van der Waals surface area contributed by atoms with Crippen LogP contribution in [0.3, 0.4) is 0 Å². The molecule has 0 amide bonds. The standard InChI is InChI=1S/C19H34N4OS/c1-15(24-4)18-22-17(14-25-18)13-23(3)19(20-2)21-12-8-7-11-16-9-5-6-10-16/h14-16H,5-13H2,1-4H3,(H,20,21). The zero-order chi connectivity index (χ0) is 18.1. The maximum absolute atomic E-state index is 5.33. The first-order valence-electron chi connectivity index (χ1n) is 9.53. The molecule has 142 valence electrons. The van der Waals surface area contributed by atoms with Crippen molar-refractivity contribution in [3.05, 3.63) is 16.1 Å². The summed E-state index contributed by atoms with van der Waals surface area (Å²) < 4.78 is 5.33. The van der Waals surface area contributed by atoms with Crippen LogP contribution in [0.5, 0.6) is 0 Å². The quantitative estimate of drug-likeness (QED) is 0.404. The Kier molecular flexibility index (Phi) is 8.68. The molecule has 1 aromatic heterocycles. The minimum atomic E-state index is 0.0568. The van der Waals surface area contributed by atoms with Gasteiger partial charge in [0.1, 0.15) is 11.1 Å². The van der Waals surface area contributed by atoms with E-state index in [9.17, 15) is 0 Å². The van der Waals surface area contributed by atoms with Crippen molar-refractivity contribution in [2.45, 2.75) is 64.5 Å². The van der Waals surface area contributed by atoms with Crippen LogP contribution in [0.25, 0.3) is 0 Å². The fourth-order valence-electron chi connectivity index (χ4n) is 3.44. The average molecular weight is 367 g/mol. The molecule has 1 heterocycles. The van der Waals surface area contributed by atoms with Crippen molar-refractivity contribution >= 4 is 17.3 Å². The second kappa shape index (κ2) is 10.8. The van der Waals surface area contributed by atoms with Crippen LogP contribution in [-0.4, -0.2) is 43.6 Å². The number of unbranched alkanes of at least 4 members (excludes halogenated alkanes) is 1. The summed E-state index contributed by atoms with van der Waals surface area (Å²) in [5.41, 5.74) is 1.07. The third-order valence-electron chi connectivity index (χ3n) is 5.04. The Balaban J connectivity index is 1.69. The summed E-state index contributed by atoms with van der Waals surface area (Å²) in [6.45, 7) is 3.78. The van der Waals surface area contributed by atoms with E-state index >= 15 is 0 Å². The van der Waals surface area contributed by atoms with Crippen LogP contribution < -0.4 is 5.32 Å². The third-order valence-corrected chi connectivity index (χ3v) is 6.10. The first-order chi connectivity index (χ1) is 12.1. The molecule has 5 nitrogen and oxygen atoms in total. The zero-order valence-corrected chi connectivity index (χ0v) is 17.1. The molecule has 1 unspecified atom stereocenters. The molecule has 0 spiro atoms. The second-order valence-electron chi connectivity index (χ2n) is 7.03. The largest absolute Gasteiger partial charge is 0.375 e. The Morgan fingerprint density at radius 2 is 2.20 bits per heavy atom. The highest BCUT2D eigenvalue weighted by Gasteiger charge is 2.14. The number of aliphatic imine (C=N–C) groups is 1. The predicted molar refractivity (Wildman–Crippen MR) is 106 cm³/mol. The number of nitrogens with zero attached hydrogens (tertiary/aromatic N) is 3. The van der Waals surface area contributed by atoms with Gasteiger partial charge in [0.25, 0.3) is 0 Å². The minimum Gasteiger partial charge on any atom is -0.375 e. The summed E-state index contributed by atoms with van der Waals surface area (Å²) in [7, 11) is 5.62. The van der Waals surface area contributed by atoms with Crippen LogP contribution in [0, 0.1) is 5.92 Å². The van der Waals surface area contributed by atoms with E-state index in [1.54, 1.807) is 18.4 Å². The summed E-state index contributed by atoms with van der Waals surface area (Å²) in [6, 6.07) is 0. The van der Waals surface area contributed by atoms with E-state index in [-0.39, 0.29) is 6.10 Å². The monoisotopic (exact) mass is 366 g/mol. The summed E-state index contributed by atoms with van der Waals surface area (Å²) in [4.78, 5) is 11.2. The molecule has 1 saturated carbocycles. The van der Waals surface area contributed by atoms with E-state index in [1.807, 2.05) is 14.0 Å². The first kappa shape index (κ1) is 20.2. The maximum atomic E-state index is 5.33. The Labute approximate surface area is 156 Å². The van der Waals surface area contributed by atoms with Gasteiger partial charge in [-0.1, -0.05) is 38.5 Å². The molecule has 0 aromatic carbocycles. The van der Waals surface area contributed by atoms with Gasteiger partial charge in [0.05, 0.1) is 12.2 Å². The van der Waals surface area contributed by atoms with Crippen molar-refractivity contribution in [3.8, 4) is 0 Å². The molecule has 1 fully saturated rings. The second-order valence-corrected chi connectivity index (χ2v) is 7.92. The topological polar surface area (TPSA) is 49.8 Å². The number of guanidine groups is 1. The van der Waals surface area contributed by atoms with Crippen LogP contribution in [0.1, 0.15) is 68.7 Å². The summed E-state index contributed by atoms with van der Waals surface area (Å²) in [6.07, 6.45) is 9.79. The Bertz CT molecular complexity index is 525. The van der Waals surface area contributed by atoms with Gasteiger partial charge in [-0.05, 0) is 19.3 Å². The third kappa shape index (κ3) is 6.59. The minimum absolute atomic E-state index is 0.0568. The highest BCUT2D eigenvalue weighted by atomic mass is 32.1. The highest BCUT2D eigenvalue weighted by molar-refractivity contribution is 7.09. The van der Waals surface area contributed by atoms with E-state index in [2.05, 4.69) is 32.6 Å². The number of ether oxygens (including phenoxy) is 1. The van der Waals surface area contributed by atoms with Gasteiger partial charge in [0, 0.05) is 33.1 Å². The van der Waals surface area contributed by atoms with Gasteiger partial charge < -0.3 is 15.0 Å². The van der Waals surface area contributed by atoms with Crippen molar-refractivity contribution in [2.24, 2.45) is 10.9 Å². The summed E-state index contributed by atoms with van der Waals surface area (Å²) >= 11 is 1.66. The number of aromatic nitrogens is 1. The molecule has 1 aromatic rings. The van der Waals surface area contributed by atoms with Gasteiger partial charge in [-0.3, -0.25) is 4.99 Å². The van der Waals surface area contributed by atoms with E-state index in [4.69, 9.17) is 4.74 Å². The lowest BCUT2D eigenvalue weighted by molar-refractivity contribution is 0.119. The number of methoxy groups -OCH3 is 1. The Morgan fingerprint density at radius 1 is 1.44 bits per heavy atom. The van der Waals surface area contributed by atoms with Gasteiger partial charge in [-0.25, -0.2) is 4.98 Å². The molecule has 0 bridgehead atoms. The van der Waals surface area contributed by atoms with Crippen LogP contribution in [0.2, 0.25) is 0 Å². The van der Waals surface area contributed by atoms with Gasteiger partial charge in [-0.15, -0.1) is 11.3 Å². The molecule has 1 aliphatic carbocycles. The van der Waals surface area contributed by atoms with Crippen LogP contribution in [0.4, 0.5) is 0 Å². The van der Waals surface area contributed by atoms with Gasteiger partial charge in [0.15, 0.2) is 5.96 Å². The lowest BCUT2D eigenvalue weighted by atomic mass is 10.0. The molecule has 0 saturated heterocycles. The number of thiazole rings is 1. The molecular formula is C19H34N4OS. The maximum Gasteiger partial charge on any atom is 0.193 e. The molecule has 1 atom stereocenters. The first-order valence-corrected chi connectivity index (χ1v) is 10.4. The van der Waals surface area contributed by atoms with E-state index < -0.39 is 0 Å². The molecule has 0 radical (unpaired) electrons. The Morgan fingerprint density at radius 3 is 2.88 bits per heavy atom. The number of hydrogen-bond acceptors (Lipinski definition) is 4. The van der Waals surface area contributed by atoms with Crippen LogP contribution in [-0.2, 0) is 11.3 Å². The predicted octanol–water partition coefficient (Wildman–Crippen LogP) is 4.22. The number of rotatable bonds is 9. The molecule has 25 heavy (non-hydrogen) atoms. The lowest BCUT2D eigenvalue weighted by Crippen LogP contribution is -2.39. The summed E-state index contributed by atoms with van der Waals surface area (Å²) in [5, 5.41) is 6.62. The molecule has 1 aliphatic rings. The Hall–Kier alpha value is -1.14. The molecule has 2 rings (SSSR count). The van der Waals surface area contributed by atoms with Crippen molar-refractivity contribution < 1.29 is 4.74 Å². The number of nitrogens with one attached hydrogen (secondary N) is 1. The summed E-state index contributed by atoms with van der Waals surface area (Å²) in [5.74, 6) is 1.94. The molecular weight excluding hydrogens is 332 g/mol.